The molecule has 2 N–H and O–H groups in total. The molecule has 0 amide bonds. The maximum Gasteiger partial charge on any atom is 0.140 e. The van der Waals surface area contributed by atoms with Crippen LogP contribution in [0.15, 0.2) is 30.7 Å². The second kappa shape index (κ2) is 3.82. The first-order valence-corrected chi connectivity index (χ1v) is 4.87. The largest absolute Gasteiger partial charge is 0.330 e. The number of rotatable bonds is 2. The van der Waals surface area contributed by atoms with Crippen molar-refractivity contribution >= 4 is 0 Å². The van der Waals surface area contributed by atoms with Gasteiger partial charge in [-0.1, -0.05) is 0 Å². The monoisotopic (exact) mass is 202 g/mol. The first-order valence-electron chi connectivity index (χ1n) is 4.87. The highest BCUT2D eigenvalue weighted by atomic mass is 15.1. The molecule has 2 aromatic rings. The third-order valence-electron chi connectivity index (χ3n) is 2.43. The van der Waals surface area contributed by atoms with E-state index in [1.165, 1.54) is 0 Å². The summed E-state index contributed by atoms with van der Waals surface area (Å²) in [6.07, 6.45) is 5.34. The molecule has 0 aromatic carbocycles. The van der Waals surface area contributed by atoms with E-state index in [1.807, 2.05) is 36.9 Å². The summed E-state index contributed by atoms with van der Waals surface area (Å²) in [6, 6.07) is 3.87. The van der Waals surface area contributed by atoms with Gasteiger partial charge in [-0.05, 0) is 19.1 Å². The SMILES string of the molecule is CC(N)c1cnc(-c2ccncc2)n1C. The molecule has 0 radical (unpaired) electrons. The summed E-state index contributed by atoms with van der Waals surface area (Å²) in [5, 5.41) is 0. The molecule has 0 saturated carbocycles. The first-order chi connectivity index (χ1) is 7.20. The average Bonchev–Trinajstić information content (AvgIpc) is 2.61. The minimum absolute atomic E-state index is 0.00177. The van der Waals surface area contributed by atoms with Gasteiger partial charge in [-0.25, -0.2) is 4.98 Å². The number of aromatic nitrogens is 3. The zero-order valence-corrected chi connectivity index (χ0v) is 8.88. The normalized spacial score (nSPS) is 12.7. The van der Waals surface area contributed by atoms with E-state index in [0.717, 1.165) is 17.1 Å². The molecule has 1 unspecified atom stereocenters. The van der Waals surface area contributed by atoms with Crippen LogP contribution in [0.5, 0.6) is 0 Å². The fourth-order valence-corrected chi connectivity index (χ4v) is 1.61. The Kier molecular flexibility index (Phi) is 2.51. The quantitative estimate of drug-likeness (QED) is 0.803. The maximum absolute atomic E-state index is 5.83. The summed E-state index contributed by atoms with van der Waals surface area (Å²) in [6.45, 7) is 1.95. The van der Waals surface area contributed by atoms with Gasteiger partial charge in [0, 0.05) is 31.0 Å². The summed E-state index contributed by atoms with van der Waals surface area (Å²) in [5.74, 6) is 0.921. The summed E-state index contributed by atoms with van der Waals surface area (Å²) in [7, 11) is 1.97. The van der Waals surface area contributed by atoms with Crippen LogP contribution in [0.4, 0.5) is 0 Å². The first kappa shape index (κ1) is 9.86. The molecule has 0 bridgehead atoms. The Morgan fingerprint density at radius 2 is 2.00 bits per heavy atom. The fraction of sp³-hybridized carbons (Fsp3) is 0.273. The molecule has 2 heterocycles. The van der Waals surface area contributed by atoms with Gasteiger partial charge in [-0.15, -0.1) is 0 Å². The lowest BCUT2D eigenvalue weighted by molar-refractivity contribution is 0.718. The van der Waals surface area contributed by atoms with E-state index in [9.17, 15) is 0 Å². The van der Waals surface area contributed by atoms with Crippen LogP contribution in [0.3, 0.4) is 0 Å². The molecule has 2 rings (SSSR count). The van der Waals surface area contributed by atoms with Gasteiger partial charge in [0.2, 0.25) is 0 Å². The zero-order chi connectivity index (χ0) is 10.8. The molecule has 15 heavy (non-hydrogen) atoms. The predicted octanol–water partition coefficient (Wildman–Crippen LogP) is 1.50. The lowest BCUT2D eigenvalue weighted by Gasteiger charge is -2.08. The molecule has 0 aliphatic heterocycles. The Morgan fingerprint density at radius 1 is 1.33 bits per heavy atom. The Balaban J connectivity index is 2.47. The summed E-state index contributed by atoms with van der Waals surface area (Å²) in [5.41, 5.74) is 7.92. The number of hydrogen-bond acceptors (Lipinski definition) is 3. The van der Waals surface area contributed by atoms with Crippen molar-refractivity contribution in [3.8, 4) is 11.4 Å². The van der Waals surface area contributed by atoms with Crippen molar-refractivity contribution in [2.45, 2.75) is 13.0 Å². The van der Waals surface area contributed by atoms with Gasteiger partial charge in [-0.2, -0.15) is 0 Å². The summed E-state index contributed by atoms with van der Waals surface area (Å²) in [4.78, 5) is 8.34. The van der Waals surface area contributed by atoms with Crippen LogP contribution in [0, 0.1) is 0 Å². The van der Waals surface area contributed by atoms with Crippen LogP contribution in [0.1, 0.15) is 18.7 Å². The number of imidazole rings is 1. The Hall–Kier alpha value is -1.68. The van der Waals surface area contributed by atoms with Gasteiger partial charge in [-0.3, -0.25) is 4.98 Å². The highest BCUT2D eigenvalue weighted by Crippen LogP contribution is 2.19. The van der Waals surface area contributed by atoms with Crippen molar-refractivity contribution in [1.29, 1.82) is 0 Å². The topological polar surface area (TPSA) is 56.7 Å². The standard InChI is InChI=1S/C11H14N4/c1-8(12)10-7-14-11(15(10)2)9-3-5-13-6-4-9/h3-8H,12H2,1-2H3. The van der Waals surface area contributed by atoms with Gasteiger partial charge < -0.3 is 10.3 Å². The third-order valence-corrected chi connectivity index (χ3v) is 2.43. The zero-order valence-electron chi connectivity index (χ0n) is 8.88. The lowest BCUT2D eigenvalue weighted by atomic mass is 10.2. The Bertz CT molecular complexity index is 445. The van der Waals surface area contributed by atoms with Crippen LogP contribution in [-0.4, -0.2) is 14.5 Å². The molecule has 4 nitrogen and oxygen atoms in total. The van der Waals surface area contributed by atoms with E-state index in [0.29, 0.717) is 0 Å². The number of pyridine rings is 1. The molecule has 4 heteroatoms. The molecule has 0 aliphatic rings. The van der Waals surface area contributed by atoms with Crippen molar-refractivity contribution in [1.82, 2.24) is 14.5 Å². The van der Waals surface area contributed by atoms with Crippen LogP contribution in [-0.2, 0) is 7.05 Å². The van der Waals surface area contributed by atoms with Crippen LogP contribution >= 0.6 is 0 Å². The molecule has 0 saturated heterocycles. The number of hydrogen-bond donors (Lipinski definition) is 1. The van der Waals surface area contributed by atoms with Crippen molar-refractivity contribution in [2.24, 2.45) is 12.8 Å². The van der Waals surface area contributed by atoms with E-state index >= 15 is 0 Å². The third kappa shape index (κ3) is 1.76. The maximum atomic E-state index is 5.83. The van der Waals surface area contributed by atoms with Gasteiger partial charge >= 0.3 is 0 Å². The lowest BCUT2D eigenvalue weighted by Crippen LogP contribution is -2.10. The van der Waals surface area contributed by atoms with Crippen LogP contribution in [0.25, 0.3) is 11.4 Å². The molecule has 0 fully saturated rings. The molecule has 0 aliphatic carbocycles. The van der Waals surface area contributed by atoms with Gasteiger partial charge in [0.1, 0.15) is 5.82 Å². The molecule has 2 aromatic heterocycles. The van der Waals surface area contributed by atoms with Crippen LogP contribution < -0.4 is 5.73 Å². The Labute approximate surface area is 88.8 Å². The van der Waals surface area contributed by atoms with Gasteiger partial charge in [0.05, 0.1) is 11.9 Å². The fourth-order valence-electron chi connectivity index (χ4n) is 1.61. The summed E-state index contributed by atoms with van der Waals surface area (Å²) >= 11 is 0. The Morgan fingerprint density at radius 3 is 2.53 bits per heavy atom. The van der Waals surface area contributed by atoms with E-state index in [1.54, 1.807) is 12.4 Å². The average molecular weight is 202 g/mol. The van der Waals surface area contributed by atoms with Gasteiger partial charge in [0.25, 0.3) is 0 Å². The van der Waals surface area contributed by atoms with Crippen molar-refractivity contribution in [3.05, 3.63) is 36.4 Å². The molecular weight excluding hydrogens is 188 g/mol. The molecule has 0 spiro atoms. The van der Waals surface area contributed by atoms with Crippen molar-refractivity contribution in [3.63, 3.8) is 0 Å². The van der Waals surface area contributed by atoms with Crippen LogP contribution in [0.2, 0.25) is 0 Å². The second-order valence-corrected chi connectivity index (χ2v) is 3.59. The molecule has 1 atom stereocenters. The van der Waals surface area contributed by atoms with Crippen molar-refractivity contribution < 1.29 is 0 Å². The number of nitrogens with two attached hydrogens (primary N) is 1. The molecular formula is C11H14N4. The second-order valence-electron chi connectivity index (χ2n) is 3.59. The molecule has 78 valence electrons. The van der Waals surface area contributed by atoms with E-state index in [-0.39, 0.29) is 6.04 Å². The van der Waals surface area contributed by atoms with E-state index in [2.05, 4.69) is 9.97 Å². The highest BCUT2D eigenvalue weighted by molar-refractivity contribution is 5.55. The minimum atomic E-state index is -0.00177. The number of nitrogens with zero attached hydrogens (tertiary/aromatic N) is 3. The highest BCUT2D eigenvalue weighted by Gasteiger charge is 2.10. The minimum Gasteiger partial charge on any atom is -0.330 e. The van der Waals surface area contributed by atoms with E-state index in [4.69, 9.17) is 5.73 Å². The smallest absolute Gasteiger partial charge is 0.140 e. The van der Waals surface area contributed by atoms with E-state index < -0.39 is 0 Å². The summed E-state index contributed by atoms with van der Waals surface area (Å²) < 4.78 is 2.01. The predicted molar refractivity (Wildman–Crippen MR) is 59.0 cm³/mol. The van der Waals surface area contributed by atoms with Gasteiger partial charge in [0.15, 0.2) is 0 Å². The van der Waals surface area contributed by atoms with Crippen molar-refractivity contribution in [2.75, 3.05) is 0 Å².